The lowest BCUT2D eigenvalue weighted by molar-refractivity contribution is -0.115. The third kappa shape index (κ3) is 4.60. The molecule has 2 N–H and O–H groups in total. The zero-order valence-corrected chi connectivity index (χ0v) is 13.7. The van der Waals surface area contributed by atoms with Gasteiger partial charge in [0.15, 0.2) is 11.6 Å². The van der Waals surface area contributed by atoms with Gasteiger partial charge >= 0.3 is 0 Å². The highest BCUT2D eigenvalue weighted by Gasteiger charge is 2.07. The van der Waals surface area contributed by atoms with Crippen molar-refractivity contribution >= 4 is 23.2 Å². The summed E-state index contributed by atoms with van der Waals surface area (Å²) in [5.41, 5.74) is 2.64. The summed E-state index contributed by atoms with van der Waals surface area (Å²) in [6.07, 6.45) is 0.0721. The Morgan fingerprint density at radius 1 is 1.00 bits per heavy atom. The Morgan fingerprint density at radius 2 is 1.76 bits per heavy atom. The molecule has 0 unspecified atom stereocenters. The van der Waals surface area contributed by atoms with Crippen molar-refractivity contribution in [2.24, 2.45) is 0 Å². The van der Waals surface area contributed by atoms with Crippen LogP contribution in [0.1, 0.15) is 11.1 Å². The Morgan fingerprint density at radius 3 is 2.48 bits per heavy atom. The van der Waals surface area contributed by atoms with Crippen LogP contribution in [0.2, 0.25) is 0 Å². The molecule has 0 saturated carbocycles. The van der Waals surface area contributed by atoms with Crippen molar-refractivity contribution in [3.05, 3.63) is 77.6 Å². The van der Waals surface area contributed by atoms with E-state index in [4.69, 9.17) is 0 Å². The summed E-state index contributed by atoms with van der Waals surface area (Å²) in [5, 5.41) is 13.9. The summed E-state index contributed by atoms with van der Waals surface area (Å²) in [6.45, 7) is 2.00. The highest BCUT2D eigenvalue weighted by molar-refractivity contribution is 5.91. The van der Waals surface area contributed by atoms with Crippen LogP contribution in [-0.2, 0) is 11.2 Å². The SMILES string of the molecule is Cc1ccccc1Nc1ccc(NC(=O)Cc2cccc(F)c2)nn1. The number of hydrogen-bond acceptors (Lipinski definition) is 4. The number of nitrogens with one attached hydrogen (secondary N) is 2. The minimum absolute atomic E-state index is 0.0721. The van der Waals surface area contributed by atoms with Crippen molar-refractivity contribution < 1.29 is 9.18 Å². The maximum Gasteiger partial charge on any atom is 0.229 e. The standard InChI is InChI=1S/C19H17FN4O/c1-13-5-2-3-8-16(13)21-17-9-10-18(24-23-17)22-19(25)12-14-6-4-7-15(20)11-14/h2-11H,12H2,1H3,(H,21,23)(H,22,24,25). The molecular weight excluding hydrogens is 319 g/mol. The van der Waals surface area contributed by atoms with Crippen LogP contribution in [0.25, 0.3) is 0 Å². The molecule has 0 aliphatic heterocycles. The van der Waals surface area contributed by atoms with Crippen LogP contribution in [0.3, 0.4) is 0 Å². The molecule has 1 heterocycles. The third-order valence-corrected chi connectivity index (χ3v) is 3.59. The number of carbonyl (C=O) groups excluding carboxylic acids is 1. The fourth-order valence-electron chi connectivity index (χ4n) is 2.34. The fourth-order valence-corrected chi connectivity index (χ4v) is 2.34. The molecule has 2 aromatic carbocycles. The van der Waals surface area contributed by atoms with Crippen molar-refractivity contribution in [1.82, 2.24) is 10.2 Å². The van der Waals surface area contributed by atoms with E-state index in [0.29, 0.717) is 17.2 Å². The number of rotatable bonds is 5. The number of benzene rings is 2. The van der Waals surface area contributed by atoms with E-state index >= 15 is 0 Å². The van der Waals surface area contributed by atoms with Crippen molar-refractivity contribution in [2.75, 3.05) is 10.6 Å². The number of carbonyl (C=O) groups is 1. The molecule has 0 saturated heterocycles. The number of amides is 1. The van der Waals surface area contributed by atoms with Gasteiger partial charge in [-0.05, 0) is 48.4 Å². The van der Waals surface area contributed by atoms with E-state index in [2.05, 4.69) is 20.8 Å². The van der Waals surface area contributed by atoms with Crippen molar-refractivity contribution in [1.29, 1.82) is 0 Å². The van der Waals surface area contributed by atoms with Crippen molar-refractivity contribution in [3.63, 3.8) is 0 Å². The van der Waals surface area contributed by atoms with Gasteiger partial charge in [-0.1, -0.05) is 30.3 Å². The molecule has 0 aliphatic carbocycles. The normalized spacial score (nSPS) is 10.3. The van der Waals surface area contributed by atoms with Gasteiger partial charge in [0.2, 0.25) is 5.91 Å². The predicted octanol–water partition coefficient (Wildman–Crippen LogP) is 3.85. The molecule has 0 spiro atoms. The molecule has 0 bridgehead atoms. The van der Waals surface area contributed by atoms with E-state index in [9.17, 15) is 9.18 Å². The van der Waals surface area contributed by atoms with E-state index in [-0.39, 0.29) is 18.1 Å². The zero-order valence-electron chi connectivity index (χ0n) is 13.7. The molecule has 1 aromatic heterocycles. The smallest absolute Gasteiger partial charge is 0.229 e. The molecule has 0 fully saturated rings. The molecule has 1 amide bonds. The molecule has 0 atom stereocenters. The number of halogens is 1. The molecule has 5 nitrogen and oxygen atoms in total. The van der Waals surface area contributed by atoms with Gasteiger partial charge in [-0.15, -0.1) is 10.2 Å². The van der Waals surface area contributed by atoms with Gasteiger partial charge < -0.3 is 10.6 Å². The van der Waals surface area contributed by atoms with E-state index in [1.807, 2.05) is 31.2 Å². The van der Waals surface area contributed by atoms with E-state index in [0.717, 1.165) is 11.3 Å². The van der Waals surface area contributed by atoms with Crippen LogP contribution < -0.4 is 10.6 Å². The average molecular weight is 336 g/mol. The first-order valence-corrected chi connectivity index (χ1v) is 7.81. The van der Waals surface area contributed by atoms with Crippen LogP contribution in [0.5, 0.6) is 0 Å². The molecule has 126 valence electrons. The third-order valence-electron chi connectivity index (χ3n) is 3.59. The van der Waals surface area contributed by atoms with Gasteiger partial charge in [-0.3, -0.25) is 4.79 Å². The monoisotopic (exact) mass is 336 g/mol. The first kappa shape index (κ1) is 16.6. The number of aryl methyl sites for hydroxylation is 1. The molecular formula is C19H17FN4O. The average Bonchev–Trinajstić information content (AvgIpc) is 2.58. The van der Waals surface area contributed by atoms with E-state index in [1.165, 1.54) is 12.1 Å². The summed E-state index contributed by atoms with van der Waals surface area (Å²) in [4.78, 5) is 12.0. The fraction of sp³-hybridized carbons (Fsp3) is 0.105. The summed E-state index contributed by atoms with van der Waals surface area (Å²) in [6, 6.07) is 17.2. The van der Waals surface area contributed by atoms with Crippen LogP contribution in [-0.4, -0.2) is 16.1 Å². The first-order chi connectivity index (χ1) is 12.1. The molecule has 0 aliphatic rings. The van der Waals surface area contributed by atoms with E-state index < -0.39 is 0 Å². The van der Waals surface area contributed by atoms with Crippen molar-refractivity contribution in [2.45, 2.75) is 13.3 Å². The first-order valence-electron chi connectivity index (χ1n) is 7.81. The van der Waals surface area contributed by atoms with Gasteiger partial charge in [0.1, 0.15) is 5.82 Å². The number of aromatic nitrogens is 2. The van der Waals surface area contributed by atoms with Crippen LogP contribution in [0.15, 0.2) is 60.7 Å². The number of anilines is 3. The number of nitrogens with zero attached hydrogens (tertiary/aromatic N) is 2. The number of para-hydroxylation sites is 1. The molecule has 25 heavy (non-hydrogen) atoms. The Labute approximate surface area is 144 Å². The van der Waals surface area contributed by atoms with Crippen LogP contribution in [0, 0.1) is 12.7 Å². The lowest BCUT2D eigenvalue weighted by Gasteiger charge is -2.09. The maximum absolute atomic E-state index is 13.1. The molecule has 3 aromatic rings. The summed E-state index contributed by atoms with van der Waals surface area (Å²) >= 11 is 0. The summed E-state index contributed by atoms with van der Waals surface area (Å²) < 4.78 is 13.1. The molecule has 0 radical (unpaired) electrons. The largest absolute Gasteiger partial charge is 0.339 e. The topological polar surface area (TPSA) is 66.9 Å². The van der Waals surface area contributed by atoms with Gasteiger partial charge in [0.05, 0.1) is 6.42 Å². The van der Waals surface area contributed by atoms with E-state index in [1.54, 1.807) is 24.3 Å². The second kappa shape index (κ2) is 7.53. The zero-order chi connectivity index (χ0) is 17.6. The molecule has 3 rings (SSSR count). The lowest BCUT2D eigenvalue weighted by atomic mass is 10.1. The highest BCUT2D eigenvalue weighted by atomic mass is 19.1. The van der Waals surface area contributed by atoms with Crippen LogP contribution >= 0.6 is 0 Å². The van der Waals surface area contributed by atoms with Gasteiger partial charge in [-0.2, -0.15) is 0 Å². The van der Waals surface area contributed by atoms with Crippen molar-refractivity contribution in [3.8, 4) is 0 Å². The van der Waals surface area contributed by atoms with Gasteiger partial charge in [0.25, 0.3) is 0 Å². The summed E-state index contributed by atoms with van der Waals surface area (Å²) in [5.74, 6) is 0.283. The Balaban J connectivity index is 1.60. The minimum atomic E-state index is -0.364. The Hall–Kier alpha value is -3.28. The maximum atomic E-state index is 13.1. The minimum Gasteiger partial charge on any atom is -0.339 e. The lowest BCUT2D eigenvalue weighted by Crippen LogP contribution is -2.15. The van der Waals surface area contributed by atoms with Gasteiger partial charge in [-0.25, -0.2) is 4.39 Å². The quantitative estimate of drug-likeness (QED) is 0.743. The Kier molecular flexibility index (Phi) is 4.99. The van der Waals surface area contributed by atoms with Gasteiger partial charge in [0, 0.05) is 5.69 Å². The second-order valence-corrected chi connectivity index (χ2v) is 5.60. The van der Waals surface area contributed by atoms with Crippen LogP contribution in [0.4, 0.5) is 21.7 Å². The summed E-state index contributed by atoms with van der Waals surface area (Å²) in [7, 11) is 0. The number of hydrogen-bond donors (Lipinski definition) is 2. The highest BCUT2D eigenvalue weighted by Crippen LogP contribution is 2.18. The molecule has 6 heteroatoms. The predicted molar refractivity (Wildman–Crippen MR) is 95.2 cm³/mol. The second-order valence-electron chi connectivity index (χ2n) is 5.60. The Bertz CT molecular complexity index is 881.